The van der Waals surface area contributed by atoms with Crippen LogP contribution in [0.15, 0.2) is 107 Å². The zero-order valence-electron chi connectivity index (χ0n) is 70.5. The molecule has 602 valence electrons. The zero-order chi connectivity index (χ0) is 80.0. The molecule has 2 aliphatic heterocycles. The van der Waals surface area contributed by atoms with Crippen molar-refractivity contribution in [3.63, 3.8) is 0 Å². The van der Waals surface area contributed by atoms with E-state index in [2.05, 4.69) is 185 Å². The van der Waals surface area contributed by atoms with E-state index in [9.17, 15) is 21.0 Å². The SMILES string of the molecule is CCCCCCCCN1c2ccc(-c3sc(-c4sc(-c5sccc5CCCCCC)cc4CCCCCC)cc3CCCCCC)cc2C(=C(C#N)C#N)c2cc3c(cc21)C(=C(C#N)C#N)c1cc(-c2sc(-c4sc(-c5sccc5CCCCCC)cc4CCCCCC)cc2CCCCCC)ccc1N3CCCCCCCC. The Morgan fingerprint density at radius 1 is 0.263 bits per heavy atom. The molecule has 0 saturated carbocycles. The largest absolute Gasteiger partial charge is 0.340 e. The van der Waals surface area contributed by atoms with Crippen molar-refractivity contribution in [3.05, 3.63) is 162 Å². The second kappa shape index (κ2) is 46.2. The van der Waals surface area contributed by atoms with Gasteiger partial charge in [-0.15, -0.1) is 68.0 Å². The Bertz CT molecular complexity index is 4470. The average Bonchev–Trinajstić information content (AvgIpc) is 0.840. The summed E-state index contributed by atoms with van der Waals surface area (Å²) in [6.45, 7) is 19.8. The Hall–Kier alpha value is -7.10. The van der Waals surface area contributed by atoms with Gasteiger partial charge in [-0.2, -0.15) is 21.0 Å². The number of anilines is 4. The number of aryl methyl sites for hydroxylation is 6. The van der Waals surface area contributed by atoms with Crippen LogP contribution in [0.2, 0.25) is 0 Å². The minimum Gasteiger partial charge on any atom is -0.340 e. The third kappa shape index (κ3) is 22.0. The second-order valence-corrected chi connectivity index (χ2v) is 38.5. The number of hydrogen-bond acceptors (Lipinski definition) is 12. The van der Waals surface area contributed by atoms with Gasteiger partial charge in [0.05, 0.1) is 0 Å². The van der Waals surface area contributed by atoms with Crippen molar-refractivity contribution in [2.75, 3.05) is 22.9 Å². The summed E-state index contributed by atoms with van der Waals surface area (Å²) in [4.78, 5) is 18.7. The minimum atomic E-state index is 0.0868. The zero-order valence-corrected chi connectivity index (χ0v) is 75.4. The van der Waals surface area contributed by atoms with Crippen molar-refractivity contribution in [3.8, 4) is 84.2 Å². The summed E-state index contributed by atoms with van der Waals surface area (Å²) < 4.78 is 0. The van der Waals surface area contributed by atoms with Gasteiger partial charge < -0.3 is 9.80 Å². The highest BCUT2D eigenvalue weighted by molar-refractivity contribution is 7.28. The number of unbranched alkanes of at least 4 members (excludes halogenated alkanes) is 28. The first kappa shape index (κ1) is 87.7. The summed E-state index contributed by atoms with van der Waals surface area (Å²) in [6, 6.07) is 43.4. The molecule has 0 spiro atoms. The summed E-state index contributed by atoms with van der Waals surface area (Å²) in [5.74, 6) is 0. The lowest BCUT2D eigenvalue weighted by molar-refractivity contribution is 0.608. The predicted octanol–water partition coefficient (Wildman–Crippen LogP) is 34.1. The number of thiophene rings is 6. The van der Waals surface area contributed by atoms with Crippen LogP contribution in [0.5, 0.6) is 0 Å². The molecule has 6 nitrogen and oxygen atoms in total. The van der Waals surface area contributed by atoms with Crippen LogP contribution in [0.4, 0.5) is 22.7 Å². The molecule has 0 bridgehead atoms. The highest BCUT2D eigenvalue weighted by atomic mass is 32.1. The monoisotopic (exact) mass is 1630 g/mol. The van der Waals surface area contributed by atoms with Gasteiger partial charge in [-0.1, -0.05) is 247 Å². The van der Waals surface area contributed by atoms with Gasteiger partial charge in [-0.05, 0) is 218 Å². The maximum absolute atomic E-state index is 11.5. The van der Waals surface area contributed by atoms with E-state index in [1.54, 1.807) is 0 Å². The average molecular weight is 1630 g/mol. The molecule has 6 aromatic heterocycles. The van der Waals surface area contributed by atoms with Crippen LogP contribution in [-0.2, 0) is 38.5 Å². The highest BCUT2D eigenvalue weighted by Crippen LogP contribution is 2.57. The van der Waals surface area contributed by atoms with Gasteiger partial charge >= 0.3 is 0 Å². The molecule has 2 aliphatic rings. The van der Waals surface area contributed by atoms with Gasteiger partial charge in [0.15, 0.2) is 0 Å². The van der Waals surface area contributed by atoms with E-state index in [1.807, 2.05) is 68.0 Å². The van der Waals surface area contributed by atoms with Crippen molar-refractivity contribution < 1.29 is 0 Å². The number of rotatable bonds is 50. The van der Waals surface area contributed by atoms with Crippen LogP contribution in [-0.4, -0.2) is 13.1 Å². The van der Waals surface area contributed by atoms with E-state index >= 15 is 0 Å². The standard InChI is InChI=1S/C102H128N6S6/c1-9-17-25-33-35-43-57-107-87-53-51-79(97-75(47-39-29-21-13-5)63-93(111-97)101-77(49-41-31-23-15-7)65-91(113-101)99-73(55-59-109-99)45-37-27-19-11-3)61-83(87)95(81(69-103)70-104)85-68-90-86(67-89(85)107)96(82(71-105)72-106)84-62-80(52-54-88(84)108(90)58-44-36-34-26-18-10-2)98-76(48-40-30-22-14-6)64-94(112-98)102-78(50-42-32-24-16-8)66-92(114-102)100-74(56-60-110-100)46-38-28-20-12-4/h51-56,59-68H,9-50,57-58H2,1-8H3. The van der Waals surface area contributed by atoms with Crippen LogP contribution >= 0.6 is 68.0 Å². The molecule has 12 heteroatoms. The topological polar surface area (TPSA) is 102 Å². The molecule has 0 fully saturated rings. The fraction of sp³-hybridized carbons (Fsp3) is 0.510. The third-order valence-electron chi connectivity index (χ3n) is 23.7. The molecule has 3 aromatic carbocycles. The Kier molecular flexibility index (Phi) is 35.5. The number of hydrogen-bond donors (Lipinski definition) is 0. The number of fused-ring (bicyclic) bond motifs is 4. The Balaban J connectivity index is 1.08. The fourth-order valence-electron chi connectivity index (χ4n) is 17.4. The van der Waals surface area contributed by atoms with Crippen molar-refractivity contribution >= 4 is 102 Å². The smallest absolute Gasteiger partial charge is 0.138 e. The van der Waals surface area contributed by atoms with E-state index in [1.165, 1.54) is 262 Å². The Labute approximate surface area is 711 Å². The van der Waals surface area contributed by atoms with Gasteiger partial charge in [0, 0.05) is 118 Å². The first-order valence-electron chi connectivity index (χ1n) is 44.9. The molecule has 0 amide bonds. The number of benzene rings is 3. The summed E-state index contributed by atoms with van der Waals surface area (Å²) in [5, 5.41) is 50.7. The van der Waals surface area contributed by atoms with E-state index in [0.717, 1.165) is 159 Å². The van der Waals surface area contributed by atoms with Crippen LogP contribution < -0.4 is 9.80 Å². The van der Waals surface area contributed by atoms with Crippen LogP contribution in [0.25, 0.3) is 71.0 Å². The van der Waals surface area contributed by atoms with Gasteiger partial charge in [-0.3, -0.25) is 0 Å². The maximum atomic E-state index is 11.5. The number of nitrogens with zero attached hydrogens (tertiary/aromatic N) is 6. The molecule has 9 aromatic rings. The number of allylic oxidation sites excluding steroid dienone is 2. The first-order chi connectivity index (χ1) is 56.1. The van der Waals surface area contributed by atoms with Crippen molar-refractivity contribution in [2.24, 2.45) is 0 Å². The molecular formula is C102H128N6S6. The predicted molar refractivity (Wildman–Crippen MR) is 502 cm³/mol. The molecule has 114 heavy (non-hydrogen) atoms. The lowest BCUT2D eigenvalue weighted by Gasteiger charge is -2.40. The second-order valence-electron chi connectivity index (χ2n) is 32.4. The van der Waals surface area contributed by atoms with Gasteiger partial charge in [-0.25, -0.2) is 0 Å². The summed E-state index contributed by atoms with van der Waals surface area (Å²) in [5.41, 5.74) is 19.7. The van der Waals surface area contributed by atoms with Gasteiger partial charge in [0.2, 0.25) is 0 Å². The summed E-state index contributed by atoms with van der Waals surface area (Å²) in [6.07, 6.45) is 49.0. The minimum absolute atomic E-state index is 0.0868. The molecule has 0 saturated heterocycles. The quantitative estimate of drug-likeness (QED) is 0.0278. The maximum Gasteiger partial charge on any atom is 0.138 e. The molecule has 0 unspecified atom stereocenters. The van der Waals surface area contributed by atoms with Crippen molar-refractivity contribution in [1.29, 1.82) is 21.0 Å². The lowest BCUT2D eigenvalue weighted by atomic mass is 9.80. The molecular weight excluding hydrogens is 1500 g/mol. The van der Waals surface area contributed by atoms with E-state index in [-0.39, 0.29) is 11.1 Å². The van der Waals surface area contributed by atoms with Crippen molar-refractivity contribution in [2.45, 2.75) is 325 Å². The highest BCUT2D eigenvalue weighted by Gasteiger charge is 2.37. The van der Waals surface area contributed by atoms with Crippen molar-refractivity contribution in [1.82, 2.24) is 0 Å². The van der Waals surface area contributed by atoms with Crippen LogP contribution in [0, 0.1) is 45.3 Å². The fourth-order valence-corrected chi connectivity index (χ4v) is 24.7. The van der Waals surface area contributed by atoms with E-state index in [4.69, 9.17) is 0 Å². The Morgan fingerprint density at radius 2 is 0.526 bits per heavy atom. The molecule has 0 atom stereocenters. The van der Waals surface area contributed by atoms with E-state index in [0.29, 0.717) is 11.1 Å². The van der Waals surface area contributed by atoms with Gasteiger partial charge in [0.25, 0.3) is 0 Å². The molecule has 8 heterocycles. The van der Waals surface area contributed by atoms with E-state index < -0.39 is 0 Å². The normalized spacial score (nSPS) is 12.2. The van der Waals surface area contributed by atoms with Crippen LogP contribution in [0.1, 0.15) is 342 Å². The summed E-state index contributed by atoms with van der Waals surface area (Å²) in [7, 11) is 0. The van der Waals surface area contributed by atoms with Crippen LogP contribution in [0.3, 0.4) is 0 Å². The van der Waals surface area contributed by atoms with Gasteiger partial charge in [0.1, 0.15) is 35.4 Å². The molecule has 0 radical (unpaired) electrons. The number of nitriles is 4. The first-order valence-corrected chi connectivity index (χ1v) is 49.9. The Morgan fingerprint density at radius 3 is 0.842 bits per heavy atom. The third-order valence-corrected chi connectivity index (χ3v) is 31.2. The lowest BCUT2D eigenvalue weighted by Crippen LogP contribution is -2.28. The summed E-state index contributed by atoms with van der Waals surface area (Å²) >= 11 is 11.7. The molecule has 11 rings (SSSR count). The molecule has 0 aliphatic carbocycles. The molecule has 0 N–H and O–H groups in total.